The van der Waals surface area contributed by atoms with Gasteiger partial charge in [0, 0.05) is 25.2 Å². The van der Waals surface area contributed by atoms with Crippen LogP contribution >= 0.6 is 0 Å². The van der Waals surface area contributed by atoms with E-state index in [9.17, 15) is 4.79 Å². The van der Waals surface area contributed by atoms with Crippen LogP contribution in [0.3, 0.4) is 0 Å². The lowest BCUT2D eigenvalue weighted by atomic mass is 10.1. The van der Waals surface area contributed by atoms with E-state index in [-0.39, 0.29) is 11.8 Å². The second-order valence-electron chi connectivity index (χ2n) is 7.58. The van der Waals surface area contributed by atoms with Crippen LogP contribution in [0.5, 0.6) is 11.5 Å². The number of para-hydroxylation sites is 1. The number of ether oxygens (including phenoxy) is 1. The predicted molar refractivity (Wildman–Crippen MR) is 115 cm³/mol. The summed E-state index contributed by atoms with van der Waals surface area (Å²) in [7, 11) is 0. The maximum Gasteiger partial charge on any atom is 0.226 e. The highest BCUT2D eigenvalue weighted by Crippen LogP contribution is 2.29. The molecule has 6 heteroatoms. The Labute approximate surface area is 176 Å². The van der Waals surface area contributed by atoms with Gasteiger partial charge in [0.1, 0.15) is 17.3 Å². The minimum atomic E-state index is 0.0587. The summed E-state index contributed by atoms with van der Waals surface area (Å²) in [6.45, 7) is 6.90. The molecule has 1 aliphatic rings. The molecule has 0 radical (unpaired) electrons. The molecule has 3 aromatic rings. The Morgan fingerprint density at radius 3 is 2.80 bits per heavy atom. The normalized spacial score (nSPS) is 16.5. The molecule has 156 valence electrons. The first-order valence-corrected chi connectivity index (χ1v) is 10.4. The van der Waals surface area contributed by atoms with Gasteiger partial charge in [-0.1, -0.05) is 24.3 Å². The van der Waals surface area contributed by atoms with Crippen molar-refractivity contribution in [1.82, 2.24) is 15.2 Å². The number of carbonyl (C=O) groups is 1. The number of aromatic nitrogens is 1. The second-order valence-corrected chi connectivity index (χ2v) is 7.58. The van der Waals surface area contributed by atoms with Crippen LogP contribution in [-0.2, 0) is 11.3 Å². The Morgan fingerprint density at radius 2 is 2.00 bits per heavy atom. The third-order valence-electron chi connectivity index (χ3n) is 5.32. The molecule has 0 spiro atoms. The smallest absolute Gasteiger partial charge is 0.226 e. The number of benzene rings is 2. The van der Waals surface area contributed by atoms with Crippen LogP contribution in [0.25, 0.3) is 11.5 Å². The van der Waals surface area contributed by atoms with Crippen molar-refractivity contribution >= 4 is 5.91 Å². The number of nitrogens with zero attached hydrogens (tertiary/aromatic N) is 2. The quantitative estimate of drug-likeness (QED) is 0.631. The Kier molecular flexibility index (Phi) is 6.14. The number of amides is 1. The monoisotopic (exact) mass is 405 g/mol. The third-order valence-corrected chi connectivity index (χ3v) is 5.32. The average Bonchev–Trinajstić information content (AvgIpc) is 3.37. The standard InChI is InChI=1S/C24H27N3O3/c1-3-25-23(28)19-12-13-27(15-19)16-22-17(2)29-24(26-22)18-8-7-11-21(14-18)30-20-9-5-4-6-10-20/h4-11,14,19H,3,12-13,15-16H2,1-2H3,(H,25,28). The zero-order valence-corrected chi connectivity index (χ0v) is 17.4. The number of hydrogen-bond acceptors (Lipinski definition) is 5. The first kappa shape index (κ1) is 20.2. The highest BCUT2D eigenvalue weighted by atomic mass is 16.5. The van der Waals surface area contributed by atoms with E-state index in [2.05, 4.69) is 10.2 Å². The van der Waals surface area contributed by atoms with Gasteiger partial charge < -0.3 is 14.5 Å². The van der Waals surface area contributed by atoms with E-state index in [1.54, 1.807) is 0 Å². The predicted octanol–water partition coefficient (Wildman–Crippen LogP) is 4.40. The summed E-state index contributed by atoms with van der Waals surface area (Å²) in [5.74, 6) is 3.12. The van der Waals surface area contributed by atoms with E-state index in [0.29, 0.717) is 19.0 Å². The summed E-state index contributed by atoms with van der Waals surface area (Å²) in [5, 5.41) is 2.92. The molecule has 1 unspecified atom stereocenters. The lowest BCUT2D eigenvalue weighted by Crippen LogP contribution is -2.32. The van der Waals surface area contributed by atoms with Crippen molar-refractivity contribution in [2.75, 3.05) is 19.6 Å². The van der Waals surface area contributed by atoms with Gasteiger partial charge in [-0.15, -0.1) is 0 Å². The van der Waals surface area contributed by atoms with Crippen LogP contribution < -0.4 is 10.1 Å². The summed E-state index contributed by atoms with van der Waals surface area (Å²) < 4.78 is 11.9. The number of nitrogens with one attached hydrogen (secondary N) is 1. The maximum absolute atomic E-state index is 12.1. The Balaban J connectivity index is 1.44. The van der Waals surface area contributed by atoms with E-state index < -0.39 is 0 Å². The summed E-state index contributed by atoms with van der Waals surface area (Å²) in [4.78, 5) is 19.1. The fraction of sp³-hybridized carbons (Fsp3) is 0.333. The average molecular weight is 405 g/mol. The summed E-state index contributed by atoms with van der Waals surface area (Å²) in [6.07, 6.45) is 0.883. The maximum atomic E-state index is 12.1. The summed E-state index contributed by atoms with van der Waals surface area (Å²) >= 11 is 0. The molecule has 1 atom stereocenters. The molecule has 0 saturated carbocycles. The zero-order valence-electron chi connectivity index (χ0n) is 17.4. The molecule has 1 aromatic heterocycles. The first-order chi connectivity index (χ1) is 14.6. The molecule has 4 rings (SSSR count). The second kappa shape index (κ2) is 9.13. The van der Waals surface area contributed by atoms with Crippen molar-refractivity contribution in [3.63, 3.8) is 0 Å². The number of likely N-dealkylation sites (tertiary alicyclic amines) is 1. The fourth-order valence-corrected chi connectivity index (χ4v) is 3.74. The topological polar surface area (TPSA) is 67.6 Å². The molecule has 1 fully saturated rings. The van der Waals surface area contributed by atoms with Crippen LogP contribution in [0.15, 0.2) is 59.0 Å². The molecular weight excluding hydrogens is 378 g/mol. The lowest BCUT2D eigenvalue weighted by Gasteiger charge is -2.14. The molecule has 0 aliphatic carbocycles. The first-order valence-electron chi connectivity index (χ1n) is 10.4. The van der Waals surface area contributed by atoms with Crippen molar-refractivity contribution < 1.29 is 13.9 Å². The number of hydrogen-bond donors (Lipinski definition) is 1. The molecule has 30 heavy (non-hydrogen) atoms. The number of rotatable bonds is 7. The Bertz CT molecular complexity index is 1000. The Hall–Kier alpha value is -3.12. The van der Waals surface area contributed by atoms with Gasteiger partial charge in [-0.05, 0) is 57.1 Å². The molecular formula is C24H27N3O3. The van der Waals surface area contributed by atoms with Gasteiger partial charge in [-0.25, -0.2) is 4.98 Å². The highest BCUT2D eigenvalue weighted by molar-refractivity contribution is 5.79. The molecule has 2 aromatic carbocycles. The van der Waals surface area contributed by atoms with Crippen molar-refractivity contribution in [1.29, 1.82) is 0 Å². The van der Waals surface area contributed by atoms with Crippen LogP contribution in [0.2, 0.25) is 0 Å². The number of oxazole rings is 1. The van der Waals surface area contributed by atoms with Gasteiger partial charge in [0.2, 0.25) is 11.8 Å². The van der Waals surface area contributed by atoms with Gasteiger partial charge >= 0.3 is 0 Å². The molecule has 0 bridgehead atoms. The van der Waals surface area contributed by atoms with E-state index in [1.165, 1.54) is 0 Å². The molecule has 1 saturated heterocycles. The highest BCUT2D eigenvalue weighted by Gasteiger charge is 2.29. The van der Waals surface area contributed by atoms with Gasteiger partial charge in [0.05, 0.1) is 11.6 Å². The fourth-order valence-electron chi connectivity index (χ4n) is 3.74. The van der Waals surface area contributed by atoms with Crippen LogP contribution in [0.1, 0.15) is 24.8 Å². The van der Waals surface area contributed by atoms with Crippen molar-refractivity contribution in [3.8, 4) is 23.0 Å². The lowest BCUT2D eigenvalue weighted by molar-refractivity contribution is -0.124. The van der Waals surface area contributed by atoms with Gasteiger partial charge in [0.25, 0.3) is 0 Å². The van der Waals surface area contributed by atoms with E-state index in [0.717, 1.165) is 48.0 Å². The van der Waals surface area contributed by atoms with E-state index in [4.69, 9.17) is 14.1 Å². The Morgan fingerprint density at radius 1 is 1.20 bits per heavy atom. The largest absolute Gasteiger partial charge is 0.457 e. The molecule has 2 heterocycles. The van der Waals surface area contributed by atoms with E-state index in [1.807, 2.05) is 68.4 Å². The van der Waals surface area contributed by atoms with Gasteiger partial charge in [-0.2, -0.15) is 0 Å². The molecule has 1 N–H and O–H groups in total. The molecule has 6 nitrogen and oxygen atoms in total. The van der Waals surface area contributed by atoms with Crippen molar-refractivity contribution in [2.45, 2.75) is 26.8 Å². The number of aryl methyl sites for hydroxylation is 1. The van der Waals surface area contributed by atoms with Gasteiger partial charge in [0.15, 0.2) is 0 Å². The summed E-state index contributed by atoms with van der Waals surface area (Å²) in [6, 6.07) is 17.4. The van der Waals surface area contributed by atoms with Crippen molar-refractivity contribution in [2.24, 2.45) is 5.92 Å². The van der Waals surface area contributed by atoms with Gasteiger partial charge in [-0.3, -0.25) is 9.69 Å². The minimum Gasteiger partial charge on any atom is -0.457 e. The number of carbonyl (C=O) groups excluding carboxylic acids is 1. The van der Waals surface area contributed by atoms with Crippen LogP contribution in [0.4, 0.5) is 0 Å². The molecule has 1 amide bonds. The molecule has 1 aliphatic heterocycles. The van der Waals surface area contributed by atoms with Crippen molar-refractivity contribution in [3.05, 3.63) is 66.1 Å². The zero-order chi connectivity index (χ0) is 20.9. The summed E-state index contributed by atoms with van der Waals surface area (Å²) in [5.41, 5.74) is 1.79. The van der Waals surface area contributed by atoms with Crippen LogP contribution in [-0.4, -0.2) is 35.4 Å². The van der Waals surface area contributed by atoms with E-state index >= 15 is 0 Å². The minimum absolute atomic E-state index is 0.0587. The van der Waals surface area contributed by atoms with Crippen LogP contribution in [0, 0.1) is 12.8 Å². The third kappa shape index (κ3) is 4.71. The SMILES string of the molecule is CCNC(=O)C1CCN(Cc2nc(-c3cccc(Oc4ccccc4)c3)oc2C)C1.